The Morgan fingerprint density at radius 1 is 1.43 bits per heavy atom. The average Bonchev–Trinajstić information content (AvgIpc) is 3.18. The minimum Gasteiger partial charge on any atom is -0.459 e. The third-order valence-corrected chi connectivity index (χ3v) is 3.49. The lowest BCUT2D eigenvalue weighted by Gasteiger charge is -2.07. The Bertz CT molecular complexity index is 603. The van der Waals surface area contributed by atoms with Crippen molar-refractivity contribution in [3.63, 3.8) is 0 Å². The SMILES string of the molecule is C#C.CC.Cc1nc2nc(O[C@@H]3CO[C@H](CO)C3)[nH]c2cc1Cl. The summed E-state index contributed by atoms with van der Waals surface area (Å²) in [6.07, 6.45) is 8.40. The van der Waals surface area contributed by atoms with Gasteiger partial charge in [-0.3, -0.25) is 0 Å². The van der Waals surface area contributed by atoms with E-state index in [4.69, 9.17) is 26.2 Å². The lowest BCUT2D eigenvalue weighted by atomic mass is 10.2. The van der Waals surface area contributed by atoms with Crippen molar-refractivity contribution in [1.82, 2.24) is 15.0 Å². The number of ether oxygens (including phenoxy) is 2. The number of fused-ring (bicyclic) bond motifs is 1. The van der Waals surface area contributed by atoms with Crippen LogP contribution in [-0.2, 0) is 4.74 Å². The maximum atomic E-state index is 9.00. The summed E-state index contributed by atoms with van der Waals surface area (Å²) < 4.78 is 11.0. The molecule has 3 heterocycles. The van der Waals surface area contributed by atoms with Gasteiger partial charge in [-0.1, -0.05) is 25.4 Å². The molecule has 0 unspecified atom stereocenters. The number of aromatic nitrogens is 3. The molecule has 0 bridgehead atoms. The van der Waals surface area contributed by atoms with E-state index in [1.165, 1.54) is 0 Å². The highest BCUT2D eigenvalue weighted by molar-refractivity contribution is 6.31. The smallest absolute Gasteiger partial charge is 0.296 e. The molecule has 7 heteroatoms. The lowest BCUT2D eigenvalue weighted by Crippen LogP contribution is -2.17. The first-order valence-corrected chi connectivity index (χ1v) is 7.79. The van der Waals surface area contributed by atoms with Gasteiger partial charge in [0.05, 0.1) is 35.6 Å². The highest BCUT2D eigenvalue weighted by Gasteiger charge is 2.27. The fourth-order valence-electron chi connectivity index (χ4n) is 2.08. The summed E-state index contributed by atoms with van der Waals surface area (Å²) in [7, 11) is 0. The standard InChI is InChI=1S/C12H14ClN3O3.C2H6.C2H2/c1-6-9(13)3-10-11(14-6)16-12(15-10)19-8-2-7(4-17)18-5-8;2*1-2/h3,7-8,17H,2,4-5H2,1H3,(H,14,15,16);1-2H3;1-2H/t7-,8-;;/m0../s1. The van der Waals surface area contributed by atoms with E-state index in [2.05, 4.69) is 27.8 Å². The molecule has 1 aliphatic heterocycles. The number of terminal acetylenes is 1. The second-order valence-electron chi connectivity index (χ2n) is 4.58. The molecule has 0 aromatic carbocycles. The minimum atomic E-state index is -0.149. The molecule has 1 aliphatic rings. The summed E-state index contributed by atoms with van der Waals surface area (Å²) in [6, 6.07) is 2.18. The predicted octanol–water partition coefficient (Wildman–Crippen LogP) is 2.72. The van der Waals surface area contributed by atoms with Gasteiger partial charge >= 0.3 is 0 Å². The molecule has 1 saturated heterocycles. The second-order valence-corrected chi connectivity index (χ2v) is 4.99. The Kier molecular flexibility index (Phi) is 7.83. The molecule has 0 saturated carbocycles. The number of pyridine rings is 1. The fraction of sp³-hybridized carbons (Fsp3) is 0.500. The van der Waals surface area contributed by atoms with Crippen molar-refractivity contribution >= 4 is 22.8 Å². The molecular weight excluding hydrogens is 318 g/mol. The monoisotopic (exact) mass is 339 g/mol. The van der Waals surface area contributed by atoms with Crippen molar-refractivity contribution in [3.8, 4) is 18.9 Å². The Hall–Kier alpha value is -1.81. The minimum absolute atomic E-state index is 0.0103. The Morgan fingerprint density at radius 2 is 2.13 bits per heavy atom. The number of aromatic amines is 1. The summed E-state index contributed by atoms with van der Waals surface area (Å²) in [5.74, 6) is 0. The largest absolute Gasteiger partial charge is 0.459 e. The van der Waals surface area contributed by atoms with Gasteiger partial charge < -0.3 is 19.6 Å². The van der Waals surface area contributed by atoms with Crippen LogP contribution < -0.4 is 4.74 Å². The van der Waals surface area contributed by atoms with Gasteiger partial charge in [0.25, 0.3) is 6.01 Å². The van der Waals surface area contributed by atoms with Gasteiger partial charge in [0.15, 0.2) is 5.65 Å². The van der Waals surface area contributed by atoms with Crippen LogP contribution in [0.15, 0.2) is 6.07 Å². The van der Waals surface area contributed by atoms with Crippen molar-refractivity contribution < 1.29 is 14.6 Å². The number of rotatable bonds is 3. The Balaban J connectivity index is 0.000000615. The quantitative estimate of drug-likeness (QED) is 0.840. The number of imidazole rings is 1. The number of aliphatic hydroxyl groups excluding tert-OH is 1. The van der Waals surface area contributed by atoms with Crippen LogP contribution in [-0.4, -0.2) is 45.5 Å². The summed E-state index contributed by atoms with van der Waals surface area (Å²) in [4.78, 5) is 11.6. The molecule has 0 spiro atoms. The molecule has 6 nitrogen and oxygen atoms in total. The van der Waals surface area contributed by atoms with E-state index >= 15 is 0 Å². The van der Waals surface area contributed by atoms with E-state index < -0.39 is 0 Å². The molecule has 2 N–H and O–H groups in total. The third-order valence-electron chi connectivity index (χ3n) is 3.11. The normalized spacial score (nSPS) is 19.4. The van der Waals surface area contributed by atoms with E-state index in [-0.39, 0.29) is 18.8 Å². The molecule has 0 radical (unpaired) electrons. The number of nitrogens with one attached hydrogen (secondary N) is 1. The van der Waals surface area contributed by atoms with Crippen LogP contribution in [0.4, 0.5) is 0 Å². The zero-order valence-corrected chi connectivity index (χ0v) is 14.3. The second kappa shape index (κ2) is 9.36. The molecule has 23 heavy (non-hydrogen) atoms. The summed E-state index contributed by atoms with van der Waals surface area (Å²) in [6.45, 7) is 6.29. The Morgan fingerprint density at radius 3 is 2.74 bits per heavy atom. The van der Waals surface area contributed by atoms with Gasteiger partial charge in [-0.05, 0) is 13.0 Å². The van der Waals surface area contributed by atoms with Crippen molar-refractivity contribution in [2.75, 3.05) is 13.2 Å². The van der Waals surface area contributed by atoms with Crippen LogP contribution in [0.1, 0.15) is 26.0 Å². The van der Waals surface area contributed by atoms with Crippen LogP contribution in [0.5, 0.6) is 6.01 Å². The van der Waals surface area contributed by atoms with Crippen LogP contribution in [0.25, 0.3) is 11.2 Å². The molecule has 2 atom stereocenters. The van der Waals surface area contributed by atoms with Gasteiger partial charge in [0, 0.05) is 6.42 Å². The van der Waals surface area contributed by atoms with E-state index in [1.54, 1.807) is 6.07 Å². The molecule has 0 aliphatic carbocycles. The van der Waals surface area contributed by atoms with Crippen LogP contribution >= 0.6 is 11.6 Å². The maximum absolute atomic E-state index is 9.00. The predicted molar refractivity (Wildman–Crippen MR) is 90.7 cm³/mol. The van der Waals surface area contributed by atoms with Crippen molar-refractivity contribution in [3.05, 3.63) is 16.8 Å². The van der Waals surface area contributed by atoms with Gasteiger partial charge in [-0.25, -0.2) is 4.98 Å². The first-order chi connectivity index (χ1) is 11.2. The van der Waals surface area contributed by atoms with E-state index in [0.29, 0.717) is 29.7 Å². The van der Waals surface area contributed by atoms with Crippen LogP contribution in [0.3, 0.4) is 0 Å². The number of aliphatic hydroxyl groups is 1. The summed E-state index contributed by atoms with van der Waals surface area (Å²) in [5.41, 5.74) is 2.05. The van der Waals surface area contributed by atoms with Gasteiger partial charge in [0.2, 0.25) is 0 Å². The first kappa shape index (κ1) is 19.2. The first-order valence-electron chi connectivity index (χ1n) is 7.41. The summed E-state index contributed by atoms with van der Waals surface area (Å²) >= 11 is 6.01. The third kappa shape index (κ3) is 4.83. The molecule has 3 rings (SSSR count). The van der Waals surface area contributed by atoms with E-state index in [1.807, 2.05) is 20.8 Å². The van der Waals surface area contributed by atoms with Gasteiger partial charge in [-0.2, -0.15) is 4.98 Å². The molecular formula is C16H22ClN3O3. The highest BCUT2D eigenvalue weighted by atomic mass is 35.5. The number of aryl methyl sites for hydroxylation is 1. The fourth-order valence-corrected chi connectivity index (χ4v) is 2.23. The molecule has 2 aromatic rings. The highest BCUT2D eigenvalue weighted by Crippen LogP contribution is 2.23. The van der Waals surface area contributed by atoms with Gasteiger partial charge in [-0.15, -0.1) is 12.8 Å². The van der Waals surface area contributed by atoms with E-state index in [0.717, 1.165) is 11.2 Å². The molecule has 1 fully saturated rings. The van der Waals surface area contributed by atoms with Crippen molar-refractivity contribution in [2.24, 2.45) is 0 Å². The summed E-state index contributed by atoms with van der Waals surface area (Å²) in [5, 5.41) is 9.59. The number of hydrogen-bond donors (Lipinski definition) is 2. The van der Waals surface area contributed by atoms with E-state index in [9.17, 15) is 0 Å². The Labute approximate surface area is 141 Å². The molecule has 126 valence electrons. The van der Waals surface area contributed by atoms with Crippen molar-refractivity contribution in [2.45, 2.75) is 39.4 Å². The lowest BCUT2D eigenvalue weighted by molar-refractivity contribution is 0.0528. The average molecular weight is 340 g/mol. The molecule has 0 amide bonds. The topological polar surface area (TPSA) is 80.3 Å². The number of hydrogen-bond acceptors (Lipinski definition) is 5. The number of halogens is 1. The van der Waals surface area contributed by atoms with Crippen LogP contribution in [0.2, 0.25) is 5.02 Å². The molecule has 2 aromatic heterocycles. The zero-order valence-electron chi connectivity index (χ0n) is 13.5. The number of H-pyrrole nitrogens is 1. The van der Waals surface area contributed by atoms with Crippen molar-refractivity contribution in [1.29, 1.82) is 0 Å². The van der Waals surface area contributed by atoms with Gasteiger partial charge in [0.1, 0.15) is 6.10 Å². The maximum Gasteiger partial charge on any atom is 0.296 e. The van der Waals surface area contributed by atoms with Crippen LogP contribution in [0, 0.1) is 19.8 Å². The number of nitrogens with zero attached hydrogens (tertiary/aromatic N) is 2. The zero-order chi connectivity index (χ0) is 17.4.